The van der Waals surface area contributed by atoms with E-state index in [1.807, 2.05) is 5.38 Å². The molecule has 0 unspecified atom stereocenters. The van der Waals surface area contributed by atoms with Gasteiger partial charge < -0.3 is 4.90 Å². The molecule has 2 aromatic rings. The second-order valence-corrected chi connectivity index (χ2v) is 8.11. The van der Waals surface area contributed by atoms with Gasteiger partial charge in [0.05, 0.1) is 16.1 Å². The molecule has 1 fully saturated rings. The number of anilines is 1. The van der Waals surface area contributed by atoms with E-state index in [2.05, 4.69) is 9.71 Å². The van der Waals surface area contributed by atoms with Gasteiger partial charge in [0.25, 0.3) is 0 Å². The van der Waals surface area contributed by atoms with Crippen molar-refractivity contribution in [2.75, 3.05) is 18.0 Å². The van der Waals surface area contributed by atoms with E-state index in [1.165, 1.54) is 11.3 Å². The molecule has 0 spiro atoms. The Hall–Kier alpha value is -1.77. The van der Waals surface area contributed by atoms with Crippen molar-refractivity contribution < 1.29 is 13.2 Å². The van der Waals surface area contributed by atoms with E-state index >= 15 is 0 Å². The van der Waals surface area contributed by atoms with Gasteiger partial charge in [-0.15, -0.1) is 11.3 Å². The van der Waals surface area contributed by atoms with Gasteiger partial charge in [-0.2, -0.15) is 0 Å². The summed E-state index contributed by atoms with van der Waals surface area (Å²) in [6.45, 7) is 0.995. The average Bonchev–Trinajstić information content (AvgIpc) is 3.09. The van der Waals surface area contributed by atoms with Crippen LogP contribution in [0.15, 0.2) is 40.1 Å². The molecule has 1 aromatic heterocycles. The number of nitrogens with zero attached hydrogens (tertiary/aromatic N) is 2. The maximum Gasteiger partial charge on any atom is 0.240 e. The third-order valence-electron chi connectivity index (χ3n) is 3.94. The fourth-order valence-corrected chi connectivity index (χ4v) is 4.27. The van der Waals surface area contributed by atoms with Crippen molar-refractivity contribution in [2.24, 2.45) is 0 Å². The summed E-state index contributed by atoms with van der Waals surface area (Å²) in [7, 11) is -3.55. The van der Waals surface area contributed by atoms with E-state index in [0.29, 0.717) is 25.9 Å². The number of carbonyl (C=O) groups excluding carboxylic acids is 1. The minimum atomic E-state index is -3.55. The number of amides is 1. The third kappa shape index (κ3) is 4.00. The van der Waals surface area contributed by atoms with E-state index in [-0.39, 0.29) is 10.8 Å². The number of rotatable bonds is 6. The van der Waals surface area contributed by atoms with E-state index in [9.17, 15) is 13.2 Å². The van der Waals surface area contributed by atoms with Crippen LogP contribution in [0.1, 0.15) is 25.0 Å². The van der Waals surface area contributed by atoms with Crippen molar-refractivity contribution in [3.05, 3.63) is 40.8 Å². The van der Waals surface area contributed by atoms with Crippen LogP contribution in [0.25, 0.3) is 0 Å². The molecule has 6 nitrogen and oxygen atoms in total. The number of nitrogens with one attached hydrogen (secondary N) is 1. The van der Waals surface area contributed by atoms with Gasteiger partial charge in [-0.05, 0) is 37.1 Å². The van der Waals surface area contributed by atoms with Crippen LogP contribution >= 0.6 is 11.3 Å². The lowest BCUT2D eigenvalue weighted by molar-refractivity contribution is -0.119. The number of aromatic nitrogens is 1. The second-order valence-electron chi connectivity index (χ2n) is 5.62. The van der Waals surface area contributed by atoms with Gasteiger partial charge in [0.2, 0.25) is 15.9 Å². The molecule has 1 aromatic carbocycles. The van der Waals surface area contributed by atoms with E-state index < -0.39 is 10.0 Å². The first kappa shape index (κ1) is 17.1. The summed E-state index contributed by atoms with van der Waals surface area (Å²) in [6.07, 6.45) is 3.01. The van der Waals surface area contributed by atoms with Crippen molar-refractivity contribution in [3.63, 3.8) is 0 Å². The van der Waals surface area contributed by atoms with Crippen LogP contribution in [0.5, 0.6) is 0 Å². The van der Waals surface area contributed by atoms with Gasteiger partial charge >= 0.3 is 0 Å². The number of carbonyl (C=O) groups is 1. The first-order valence-electron chi connectivity index (χ1n) is 7.83. The largest absolute Gasteiger partial charge is 0.312 e. The van der Waals surface area contributed by atoms with Gasteiger partial charge in [0, 0.05) is 37.0 Å². The molecule has 1 aliphatic rings. The van der Waals surface area contributed by atoms with Gasteiger partial charge in [-0.25, -0.2) is 18.1 Å². The molecule has 0 radical (unpaired) electrons. The second kappa shape index (κ2) is 7.42. The fourth-order valence-electron chi connectivity index (χ4n) is 2.64. The molecule has 2 heterocycles. The van der Waals surface area contributed by atoms with E-state index in [4.69, 9.17) is 0 Å². The van der Waals surface area contributed by atoms with Crippen LogP contribution < -0.4 is 9.62 Å². The molecule has 0 atom stereocenters. The van der Waals surface area contributed by atoms with Crippen LogP contribution in [-0.4, -0.2) is 32.4 Å². The first-order chi connectivity index (χ1) is 11.6. The molecule has 0 bridgehead atoms. The Labute approximate surface area is 145 Å². The van der Waals surface area contributed by atoms with Crippen LogP contribution in [0.3, 0.4) is 0 Å². The van der Waals surface area contributed by atoms with Crippen LogP contribution in [0.4, 0.5) is 5.69 Å². The Morgan fingerprint density at radius 1 is 1.21 bits per heavy atom. The Morgan fingerprint density at radius 2 is 2.00 bits per heavy atom. The summed E-state index contributed by atoms with van der Waals surface area (Å²) in [5.41, 5.74) is 3.35. The zero-order valence-electron chi connectivity index (χ0n) is 13.1. The van der Waals surface area contributed by atoms with Gasteiger partial charge in [0.1, 0.15) is 0 Å². The number of hydrogen-bond donors (Lipinski definition) is 1. The molecule has 0 aliphatic carbocycles. The molecule has 1 saturated heterocycles. The minimum absolute atomic E-state index is 0.0956. The van der Waals surface area contributed by atoms with Crippen LogP contribution in [-0.2, 0) is 21.2 Å². The van der Waals surface area contributed by atoms with Gasteiger partial charge in [-0.1, -0.05) is 0 Å². The molecular formula is C16H19N3O3S2. The lowest BCUT2D eigenvalue weighted by Crippen LogP contribution is -2.35. The van der Waals surface area contributed by atoms with Crippen molar-refractivity contribution in [1.29, 1.82) is 0 Å². The molecule has 0 saturated carbocycles. The lowest BCUT2D eigenvalue weighted by atomic mass is 10.1. The Morgan fingerprint density at radius 3 is 2.67 bits per heavy atom. The molecule has 3 rings (SSSR count). The SMILES string of the molecule is O=C1CCCCN1c1ccc(S(=O)(=O)NCCc2cscn2)cc1. The predicted octanol–water partition coefficient (Wildman–Crippen LogP) is 2.18. The Kier molecular flexibility index (Phi) is 5.27. The van der Waals surface area contributed by atoms with Crippen LogP contribution in [0, 0.1) is 0 Å². The van der Waals surface area contributed by atoms with E-state index in [0.717, 1.165) is 24.2 Å². The number of sulfonamides is 1. The highest BCUT2D eigenvalue weighted by Crippen LogP contribution is 2.22. The maximum absolute atomic E-state index is 12.3. The Balaban J connectivity index is 1.64. The summed E-state index contributed by atoms with van der Waals surface area (Å²) in [4.78, 5) is 18.0. The van der Waals surface area contributed by atoms with Crippen molar-refractivity contribution in [3.8, 4) is 0 Å². The molecular weight excluding hydrogens is 346 g/mol. The molecule has 24 heavy (non-hydrogen) atoms. The highest BCUT2D eigenvalue weighted by Gasteiger charge is 2.20. The van der Waals surface area contributed by atoms with Gasteiger partial charge in [-0.3, -0.25) is 4.79 Å². The monoisotopic (exact) mass is 365 g/mol. The van der Waals surface area contributed by atoms with E-state index in [1.54, 1.807) is 34.7 Å². The minimum Gasteiger partial charge on any atom is -0.312 e. The fraction of sp³-hybridized carbons (Fsp3) is 0.375. The Bertz CT molecular complexity index is 786. The number of hydrogen-bond acceptors (Lipinski definition) is 5. The molecule has 128 valence electrons. The molecule has 1 N–H and O–H groups in total. The standard InChI is InChI=1S/C16H19N3O3S2/c20-16-3-1-2-10-19(16)14-4-6-15(7-5-14)24(21,22)18-9-8-13-11-23-12-17-13/h4-7,11-12,18H,1-3,8-10H2. The van der Waals surface area contributed by atoms with Crippen molar-refractivity contribution in [1.82, 2.24) is 9.71 Å². The third-order valence-corrected chi connectivity index (χ3v) is 6.05. The van der Waals surface area contributed by atoms with Crippen LogP contribution in [0.2, 0.25) is 0 Å². The molecule has 1 aliphatic heterocycles. The summed E-state index contributed by atoms with van der Waals surface area (Å²) in [5.74, 6) is 0.0956. The number of piperidine rings is 1. The first-order valence-corrected chi connectivity index (χ1v) is 10.3. The smallest absolute Gasteiger partial charge is 0.240 e. The summed E-state index contributed by atoms with van der Waals surface area (Å²) >= 11 is 1.49. The number of thiazole rings is 1. The lowest BCUT2D eigenvalue weighted by Gasteiger charge is -2.26. The summed E-state index contributed by atoms with van der Waals surface area (Å²) in [5, 5.41) is 1.90. The van der Waals surface area contributed by atoms with Crippen molar-refractivity contribution >= 4 is 33.0 Å². The highest BCUT2D eigenvalue weighted by atomic mass is 32.2. The summed E-state index contributed by atoms with van der Waals surface area (Å²) < 4.78 is 27.2. The summed E-state index contributed by atoms with van der Waals surface area (Å²) in [6, 6.07) is 6.47. The van der Waals surface area contributed by atoms with Crippen molar-refractivity contribution in [2.45, 2.75) is 30.6 Å². The quantitative estimate of drug-likeness (QED) is 0.851. The predicted molar refractivity (Wildman–Crippen MR) is 93.7 cm³/mol. The highest BCUT2D eigenvalue weighted by molar-refractivity contribution is 7.89. The normalized spacial score (nSPS) is 15.7. The zero-order valence-corrected chi connectivity index (χ0v) is 14.8. The van der Waals surface area contributed by atoms with Gasteiger partial charge in [0.15, 0.2) is 0 Å². The maximum atomic E-state index is 12.3. The molecule has 1 amide bonds. The number of benzene rings is 1. The topological polar surface area (TPSA) is 79.4 Å². The molecule has 8 heteroatoms. The average molecular weight is 365 g/mol. The zero-order chi connectivity index (χ0) is 17.0.